The number of sulfonamides is 1. The van der Waals surface area contributed by atoms with Gasteiger partial charge in [-0.2, -0.15) is 0 Å². The first-order chi connectivity index (χ1) is 22.5. The summed E-state index contributed by atoms with van der Waals surface area (Å²) in [5.74, 6) is -0.0793. The molecule has 1 saturated heterocycles. The summed E-state index contributed by atoms with van der Waals surface area (Å²) in [6.45, 7) is 4.87. The summed E-state index contributed by atoms with van der Waals surface area (Å²) in [5.41, 5.74) is 11.0. The molecular weight excluding hydrogens is 652 g/mol. The molecule has 252 valence electrons. The average Bonchev–Trinajstić information content (AvgIpc) is 3.46. The topological polar surface area (TPSA) is 115 Å². The third-order valence-electron chi connectivity index (χ3n) is 8.76. The fourth-order valence-corrected chi connectivity index (χ4v) is 8.10. The first-order valence-electron chi connectivity index (χ1n) is 16.0. The van der Waals surface area contributed by atoms with Gasteiger partial charge < -0.3 is 25.4 Å². The summed E-state index contributed by atoms with van der Waals surface area (Å²) in [6, 6.07) is 20.4. The number of H-pyrrole nitrogens is 1. The molecule has 0 spiro atoms. The number of rotatable bonds is 11. The highest BCUT2D eigenvalue weighted by Gasteiger charge is 2.25. The number of hydrogen-bond donors (Lipinski definition) is 3. The highest BCUT2D eigenvalue weighted by atomic mass is 35.5. The van der Waals surface area contributed by atoms with Crippen LogP contribution in [0, 0.1) is 5.92 Å². The van der Waals surface area contributed by atoms with Gasteiger partial charge in [-0.3, -0.25) is 4.79 Å². The van der Waals surface area contributed by atoms with E-state index in [4.69, 9.17) is 17.3 Å². The van der Waals surface area contributed by atoms with Crippen molar-refractivity contribution in [3.63, 3.8) is 0 Å². The third kappa shape index (κ3) is 9.31. The first kappa shape index (κ1) is 35.3. The van der Waals surface area contributed by atoms with Crippen LogP contribution in [0.5, 0.6) is 0 Å². The molecule has 0 aliphatic carbocycles. The van der Waals surface area contributed by atoms with Crippen molar-refractivity contribution >= 4 is 61.6 Å². The number of anilines is 2. The largest absolute Gasteiger partial charge is 0.369 e. The van der Waals surface area contributed by atoms with E-state index in [2.05, 4.69) is 60.8 Å². The predicted octanol–water partition coefficient (Wildman–Crippen LogP) is 5.85. The number of fused-ring (bicyclic) bond motifs is 3. The molecular formula is C35H45ClN6O3S2. The minimum Gasteiger partial charge on any atom is -0.369 e. The van der Waals surface area contributed by atoms with Gasteiger partial charge in [0.25, 0.3) is 0 Å². The van der Waals surface area contributed by atoms with Crippen LogP contribution in [0.15, 0.2) is 76.7 Å². The molecule has 3 aromatic carbocycles. The lowest BCUT2D eigenvalue weighted by atomic mass is 9.96. The summed E-state index contributed by atoms with van der Waals surface area (Å²) in [6.07, 6.45) is 5.78. The number of hydrogen-bond acceptors (Lipinski definition) is 7. The number of nitrogens with two attached hydrogens (primary N) is 1. The first-order valence-corrected chi connectivity index (χ1v) is 18.9. The number of halogens is 1. The van der Waals surface area contributed by atoms with Crippen molar-refractivity contribution < 1.29 is 13.2 Å². The standard InChI is InChI=1S/C21H24ClN3OS.C14H21N3O2S/c22-16-6-7-20-18(14-16)25(17-4-1-2-5-19(17)27-20)11-3-10-24-12-8-15(9-13-24)21(23)26;1-15-20(18,19)10-11-4-5-14-13(8-11)12(9-16-14)6-7-17(2)3/h1-2,4-7,14-15H,3,8-13H2,(H2,23,26);4-5,8-9,15-16H,6-7,10H2,1-3H3. The minimum absolute atomic E-state index is 0.0116. The molecule has 6 rings (SSSR count). The second-order valence-electron chi connectivity index (χ2n) is 12.4. The van der Waals surface area contributed by atoms with E-state index in [9.17, 15) is 13.2 Å². The Morgan fingerprint density at radius 1 is 1.04 bits per heavy atom. The van der Waals surface area contributed by atoms with Crippen LogP contribution in [-0.4, -0.2) is 83.0 Å². The van der Waals surface area contributed by atoms with Crippen LogP contribution >= 0.6 is 23.4 Å². The maximum absolute atomic E-state index is 11.6. The molecule has 2 aliphatic heterocycles. The zero-order valence-electron chi connectivity index (χ0n) is 27.3. The molecule has 9 nitrogen and oxygen atoms in total. The van der Waals surface area contributed by atoms with Crippen LogP contribution in [-0.2, 0) is 27.0 Å². The number of nitrogens with zero attached hydrogens (tertiary/aromatic N) is 3. The van der Waals surface area contributed by atoms with Crippen molar-refractivity contribution in [2.45, 2.75) is 41.2 Å². The Morgan fingerprint density at radius 2 is 1.79 bits per heavy atom. The van der Waals surface area contributed by atoms with Gasteiger partial charge in [-0.1, -0.05) is 41.6 Å². The number of primary amides is 1. The summed E-state index contributed by atoms with van der Waals surface area (Å²) < 4.78 is 25.6. The lowest BCUT2D eigenvalue weighted by Crippen LogP contribution is -2.39. The molecule has 0 radical (unpaired) electrons. The van der Waals surface area contributed by atoms with Gasteiger partial charge in [-0.15, -0.1) is 0 Å². The molecule has 0 bridgehead atoms. The molecule has 1 amide bonds. The highest BCUT2D eigenvalue weighted by Crippen LogP contribution is 2.48. The van der Waals surface area contributed by atoms with Crippen molar-refractivity contribution in [3.05, 3.63) is 83.0 Å². The summed E-state index contributed by atoms with van der Waals surface area (Å²) in [4.78, 5) is 24.1. The van der Waals surface area contributed by atoms with Crippen molar-refractivity contribution in [1.82, 2.24) is 19.5 Å². The van der Waals surface area contributed by atoms with Crippen LogP contribution in [0.25, 0.3) is 10.9 Å². The van der Waals surface area contributed by atoms with Gasteiger partial charge in [-0.25, -0.2) is 13.1 Å². The van der Waals surface area contributed by atoms with E-state index in [1.165, 1.54) is 33.8 Å². The summed E-state index contributed by atoms with van der Waals surface area (Å²) in [5, 5.41) is 1.88. The molecule has 1 aromatic heterocycles. The molecule has 3 heterocycles. The maximum Gasteiger partial charge on any atom is 0.220 e. The van der Waals surface area contributed by atoms with E-state index in [1.807, 2.05) is 44.6 Å². The van der Waals surface area contributed by atoms with E-state index in [1.54, 1.807) is 11.8 Å². The van der Waals surface area contributed by atoms with Gasteiger partial charge in [0.15, 0.2) is 0 Å². The predicted molar refractivity (Wildman–Crippen MR) is 194 cm³/mol. The van der Waals surface area contributed by atoms with Crippen molar-refractivity contribution in [1.29, 1.82) is 0 Å². The van der Waals surface area contributed by atoms with Gasteiger partial charge in [-0.05, 0) is 120 Å². The Balaban J connectivity index is 0.000000194. The Labute approximate surface area is 287 Å². The highest BCUT2D eigenvalue weighted by molar-refractivity contribution is 7.99. The molecule has 47 heavy (non-hydrogen) atoms. The number of para-hydroxylation sites is 1. The number of likely N-dealkylation sites (N-methyl/N-ethyl adjacent to an activating group) is 1. The number of carbonyl (C=O) groups excluding carboxylic acids is 1. The number of nitrogens with one attached hydrogen (secondary N) is 2. The van der Waals surface area contributed by atoms with Gasteiger partial charge in [0, 0.05) is 50.9 Å². The van der Waals surface area contributed by atoms with Gasteiger partial charge in [0.2, 0.25) is 15.9 Å². The Morgan fingerprint density at radius 3 is 2.51 bits per heavy atom. The maximum atomic E-state index is 11.6. The van der Waals surface area contributed by atoms with Gasteiger partial charge in [0.1, 0.15) is 0 Å². The smallest absolute Gasteiger partial charge is 0.220 e. The SMILES string of the molecule is CNS(=O)(=O)Cc1ccc2[nH]cc(CCN(C)C)c2c1.NC(=O)C1CCN(CCCN2c3ccccc3Sc3ccc(Cl)cc32)CC1. The Kier molecular flexibility index (Phi) is 11.9. The van der Waals surface area contributed by atoms with Crippen LogP contribution < -0.4 is 15.4 Å². The normalized spacial score (nSPS) is 15.3. The molecule has 0 unspecified atom stereocenters. The number of carbonyl (C=O) groups is 1. The Bertz CT molecular complexity index is 1790. The summed E-state index contributed by atoms with van der Waals surface area (Å²) >= 11 is 8.09. The second kappa shape index (κ2) is 15.9. The number of likely N-dealkylation sites (tertiary alicyclic amines) is 1. The number of aromatic amines is 1. The molecule has 0 saturated carbocycles. The quantitative estimate of drug-likeness (QED) is 0.180. The van der Waals surface area contributed by atoms with Crippen LogP contribution in [0.4, 0.5) is 11.4 Å². The van der Waals surface area contributed by atoms with Crippen molar-refractivity contribution in [3.8, 4) is 0 Å². The summed E-state index contributed by atoms with van der Waals surface area (Å²) in [7, 11) is 2.29. The lowest BCUT2D eigenvalue weighted by molar-refractivity contribution is -0.123. The Hall–Kier alpha value is -3.06. The number of aromatic nitrogens is 1. The van der Waals surface area contributed by atoms with E-state index in [-0.39, 0.29) is 17.6 Å². The fraction of sp³-hybridized carbons (Fsp3) is 0.400. The zero-order valence-corrected chi connectivity index (χ0v) is 29.7. The average molecular weight is 697 g/mol. The van der Waals surface area contributed by atoms with Crippen LogP contribution in [0.2, 0.25) is 5.02 Å². The van der Waals surface area contributed by atoms with E-state index < -0.39 is 10.0 Å². The molecule has 4 N–H and O–H groups in total. The molecule has 2 aliphatic rings. The molecule has 1 fully saturated rings. The van der Waals surface area contributed by atoms with Gasteiger partial charge >= 0.3 is 0 Å². The second-order valence-corrected chi connectivity index (χ2v) is 15.9. The van der Waals surface area contributed by atoms with Crippen molar-refractivity contribution in [2.24, 2.45) is 11.7 Å². The fourth-order valence-electron chi connectivity index (χ4n) is 6.09. The van der Waals surface area contributed by atoms with Crippen molar-refractivity contribution in [2.75, 3.05) is 58.8 Å². The van der Waals surface area contributed by atoms with E-state index in [0.717, 1.165) is 79.9 Å². The molecule has 4 aromatic rings. The molecule has 0 atom stereocenters. The van der Waals surface area contributed by atoms with E-state index in [0.29, 0.717) is 0 Å². The number of piperidine rings is 1. The van der Waals surface area contributed by atoms with Gasteiger partial charge in [0.05, 0.1) is 17.1 Å². The minimum atomic E-state index is -3.23. The van der Waals surface area contributed by atoms with Crippen LogP contribution in [0.3, 0.4) is 0 Å². The van der Waals surface area contributed by atoms with Crippen LogP contribution in [0.1, 0.15) is 30.4 Å². The zero-order chi connectivity index (χ0) is 33.6. The molecule has 12 heteroatoms. The monoisotopic (exact) mass is 696 g/mol. The number of amides is 1. The number of benzene rings is 3. The van der Waals surface area contributed by atoms with E-state index >= 15 is 0 Å². The lowest BCUT2D eigenvalue weighted by Gasteiger charge is -2.34. The third-order valence-corrected chi connectivity index (χ3v) is 11.5.